The first-order valence-electron chi connectivity index (χ1n) is 8.73. The molecule has 132 valence electrons. The number of carbonyl (C=O) groups excluding carboxylic acids is 1. The third-order valence-corrected chi connectivity index (χ3v) is 5.85. The second kappa shape index (κ2) is 7.19. The van der Waals surface area contributed by atoms with Crippen molar-refractivity contribution in [2.24, 2.45) is 0 Å². The number of fused-ring (bicyclic) bond motifs is 1. The number of likely N-dealkylation sites (N-methyl/N-ethyl adjacent to an activating group) is 1. The molecular formula is C18H22N4O2S. The van der Waals surface area contributed by atoms with Crippen LogP contribution in [0.25, 0.3) is 0 Å². The number of carbonyl (C=O) groups is 1. The fourth-order valence-corrected chi connectivity index (χ4v) is 4.46. The number of aromatic nitrogens is 2. The quantitative estimate of drug-likeness (QED) is 0.912. The number of rotatable bonds is 3. The summed E-state index contributed by atoms with van der Waals surface area (Å²) in [5.41, 5.74) is 2.75. The van der Waals surface area contributed by atoms with Crippen LogP contribution >= 0.6 is 11.3 Å². The molecule has 2 aromatic rings. The van der Waals surface area contributed by atoms with Crippen LogP contribution in [0.4, 0.5) is 5.13 Å². The highest BCUT2D eigenvalue weighted by atomic mass is 32.1. The Labute approximate surface area is 151 Å². The van der Waals surface area contributed by atoms with E-state index in [-0.39, 0.29) is 11.8 Å². The molecule has 1 aliphatic carbocycles. The number of anilines is 1. The average molecular weight is 358 g/mol. The highest BCUT2D eigenvalue weighted by molar-refractivity contribution is 7.15. The van der Waals surface area contributed by atoms with Crippen LogP contribution in [0, 0.1) is 0 Å². The Kier molecular flexibility index (Phi) is 4.78. The largest absolute Gasteiger partial charge is 0.366 e. The predicted molar refractivity (Wildman–Crippen MR) is 97.0 cm³/mol. The molecule has 1 saturated heterocycles. The van der Waals surface area contributed by atoms with Gasteiger partial charge in [-0.1, -0.05) is 35.6 Å². The van der Waals surface area contributed by atoms with Gasteiger partial charge in [-0.2, -0.15) is 0 Å². The van der Waals surface area contributed by atoms with Gasteiger partial charge >= 0.3 is 0 Å². The van der Waals surface area contributed by atoms with Crippen LogP contribution in [0.5, 0.6) is 0 Å². The third-order valence-electron chi connectivity index (χ3n) is 4.90. The second-order valence-corrected chi connectivity index (χ2v) is 7.71. The van der Waals surface area contributed by atoms with E-state index in [0.717, 1.165) is 30.8 Å². The Morgan fingerprint density at radius 2 is 2.24 bits per heavy atom. The second-order valence-electron chi connectivity index (χ2n) is 6.70. The van der Waals surface area contributed by atoms with E-state index in [0.29, 0.717) is 18.3 Å². The SMILES string of the molecule is CN1CCOC(C(=O)Nc2nnc(C3CCCc4ccccc43)s2)C1. The molecule has 2 atom stereocenters. The molecule has 1 aliphatic heterocycles. The van der Waals surface area contributed by atoms with E-state index in [1.807, 2.05) is 7.05 Å². The van der Waals surface area contributed by atoms with E-state index in [2.05, 4.69) is 44.7 Å². The van der Waals surface area contributed by atoms with E-state index in [1.165, 1.54) is 22.5 Å². The minimum Gasteiger partial charge on any atom is -0.366 e. The minimum absolute atomic E-state index is 0.140. The van der Waals surface area contributed by atoms with E-state index in [9.17, 15) is 4.79 Å². The number of aryl methyl sites for hydroxylation is 1. The first-order valence-corrected chi connectivity index (χ1v) is 9.54. The lowest BCUT2D eigenvalue weighted by Crippen LogP contribution is -2.46. The molecule has 25 heavy (non-hydrogen) atoms. The van der Waals surface area contributed by atoms with Crippen molar-refractivity contribution in [2.45, 2.75) is 31.3 Å². The van der Waals surface area contributed by atoms with Gasteiger partial charge in [-0.05, 0) is 37.4 Å². The Bertz CT molecular complexity index is 763. The summed E-state index contributed by atoms with van der Waals surface area (Å²) >= 11 is 1.47. The standard InChI is InChI=1S/C18H22N4O2S/c1-22-9-10-24-15(11-22)16(23)19-18-21-20-17(25-18)14-8-4-6-12-5-2-3-7-13(12)14/h2-3,5,7,14-15H,4,6,8-11H2,1H3,(H,19,21,23). The maximum atomic E-state index is 12.4. The lowest BCUT2D eigenvalue weighted by Gasteiger charge is -2.28. The summed E-state index contributed by atoms with van der Waals surface area (Å²) in [5, 5.41) is 12.9. The number of nitrogens with zero attached hydrogens (tertiary/aromatic N) is 3. The molecule has 0 bridgehead atoms. The summed E-state index contributed by atoms with van der Waals surface area (Å²) in [6.45, 7) is 2.04. The number of benzene rings is 1. The number of morpholine rings is 1. The van der Waals surface area contributed by atoms with Crippen LogP contribution in [0.2, 0.25) is 0 Å². The summed E-state index contributed by atoms with van der Waals surface area (Å²) < 4.78 is 5.55. The highest BCUT2D eigenvalue weighted by Crippen LogP contribution is 2.38. The van der Waals surface area contributed by atoms with Crippen LogP contribution < -0.4 is 5.32 Å². The Morgan fingerprint density at radius 3 is 3.12 bits per heavy atom. The van der Waals surface area contributed by atoms with Crippen LogP contribution in [0.15, 0.2) is 24.3 Å². The van der Waals surface area contributed by atoms with Gasteiger partial charge in [0.15, 0.2) is 0 Å². The molecule has 0 saturated carbocycles. The zero-order chi connectivity index (χ0) is 17.2. The summed E-state index contributed by atoms with van der Waals surface area (Å²) in [4.78, 5) is 14.5. The average Bonchev–Trinajstić information content (AvgIpc) is 3.09. The van der Waals surface area contributed by atoms with Crippen molar-refractivity contribution in [3.63, 3.8) is 0 Å². The number of amides is 1. The molecule has 1 amide bonds. The van der Waals surface area contributed by atoms with E-state index in [1.54, 1.807) is 0 Å². The Morgan fingerprint density at radius 1 is 1.36 bits per heavy atom. The van der Waals surface area contributed by atoms with E-state index >= 15 is 0 Å². The maximum Gasteiger partial charge on any atom is 0.256 e. The molecule has 0 spiro atoms. The first-order chi connectivity index (χ1) is 12.2. The van der Waals surface area contributed by atoms with Gasteiger partial charge in [-0.3, -0.25) is 10.1 Å². The molecule has 4 rings (SSSR count). The van der Waals surface area contributed by atoms with Gasteiger partial charge in [0.25, 0.3) is 5.91 Å². The zero-order valence-corrected chi connectivity index (χ0v) is 15.1. The van der Waals surface area contributed by atoms with Gasteiger partial charge in [0, 0.05) is 19.0 Å². The van der Waals surface area contributed by atoms with Crippen molar-refractivity contribution in [3.8, 4) is 0 Å². The van der Waals surface area contributed by atoms with Crippen LogP contribution in [-0.4, -0.2) is 53.9 Å². The summed E-state index contributed by atoms with van der Waals surface area (Å²) in [5.74, 6) is 0.142. The molecule has 1 N–H and O–H groups in total. The summed E-state index contributed by atoms with van der Waals surface area (Å²) in [7, 11) is 1.99. The lowest BCUT2D eigenvalue weighted by atomic mass is 9.83. The van der Waals surface area contributed by atoms with Gasteiger partial charge < -0.3 is 9.64 Å². The van der Waals surface area contributed by atoms with Crippen molar-refractivity contribution < 1.29 is 9.53 Å². The molecule has 1 fully saturated rings. The molecule has 1 aromatic heterocycles. The third kappa shape index (κ3) is 3.58. The van der Waals surface area contributed by atoms with Crippen molar-refractivity contribution >= 4 is 22.4 Å². The maximum absolute atomic E-state index is 12.4. The van der Waals surface area contributed by atoms with Crippen molar-refractivity contribution in [1.82, 2.24) is 15.1 Å². The van der Waals surface area contributed by atoms with Gasteiger partial charge in [-0.25, -0.2) is 0 Å². The van der Waals surface area contributed by atoms with Gasteiger partial charge in [-0.15, -0.1) is 10.2 Å². The number of nitrogens with one attached hydrogen (secondary N) is 1. The normalized spacial score (nSPS) is 23.9. The van der Waals surface area contributed by atoms with E-state index < -0.39 is 6.10 Å². The van der Waals surface area contributed by atoms with E-state index in [4.69, 9.17) is 4.74 Å². The van der Waals surface area contributed by atoms with Crippen LogP contribution in [0.3, 0.4) is 0 Å². The Balaban J connectivity index is 1.47. The smallest absolute Gasteiger partial charge is 0.256 e. The molecule has 7 heteroatoms. The fraction of sp³-hybridized carbons (Fsp3) is 0.500. The molecule has 1 aromatic carbocycles. The molecule has 0 radical (unpaired) electrons. The lowest BCUT2D eigenvalue weighted by molar-refractivity contribution is -0.132. The molecular weight excluding hydrogens is 336 g/mol. The Hall–Kier alpha value is -1.83. The van der Waals surface area contributed by atoms with Crippen molar-refractivity contribution in [1.29, 1.82) is 0 Å². The highest BCUT2D eigenvalue weighted by Gasteiger charge is 2.28. The summed E-state index contributed by atoms with van der Waals surface area (Å²) in [6, 6.07) is 8.55. The zero-order valence-electron chi connectivity index (χ0n) is 14.3. The number of hydrogen-bond donors (Lipinski definition) is 1. The monoisotopic (exact) mass is 358 g/mol. The van der Waals surface area contributed by atoms with Crippen molar-refractivity contribution in [2.75, 3.05) is 32.1 Å². The number of ether oxygens (including phenoxy) is 1. The number of hydrogen-bond acceptors (Lipinski definition) is 6. The van der Waals surface area contributed by atoms with Crippen molar-refractivity contribution in [3.05, 3.63) is 40.4 Å². The van der Waals surface area contributed by atoms with Gasteiger partial charge in [0.1, 0.15) is 11.1 Å². The van der Waals surface area contributed by atoms with Gasteiger partial charge in [0.2, 0.25) is 5.13 Å². The fourth-order valence-electron chi connectivity index (χ4n) is 3.56. The topological polar surface area (TPSA) is 67.3 Å². The predicted octanol–water partition coefficient (Wildman–Crippen LogP) is 2.28. The molecule has 2 aliphatic rings. The first kappa shape index (κ1) is 16.6. The summed E-state index contributed by atoms with van der Waals surface area (Å²) in [6.07, 6.45) is 2.92. The van der Waals surface area contributed by atoms with Crippen LogP contribution in [0.1, 0.15) is 34.9 Å². The molecule has 6 nitrogen and oxygen atoms in total. The van der Waals surface area contributed by atoms with Crippen LogP contribution in [-0.2, 0) is 16.0 Å². The molecule has 2 unspecified atom stereocenters. The minimum atomic E-state index is -0.443. The molecule has 2 heterocycles. The van der Waals surface area contributed by atoms with Gasteiger partial charge in [0.05, 0.1) is 6.61 Å².